The minimum absolute atomic E-state index is 0.0178. The van der Waals surface area contributed by atoms with Gasteiger partial charge in [-0.1, -0.05) is 33.1 Å². The maximum Gasteiger partial charge on any atom is 0.321 e. The fourth-order valence-electron chi connectivity index (χ4n) is 3.50. The predicted octanol–water partition coefficient (Wildman–Crippen LogP) is 1.41. The second-order valence-electron chi connectivity index (χ2n) is 7.97. The lowest BCUT2D eigenvalue weighted by molar-refractivity contribution is -0.162. The number of carbonyl (C=O) groups is 2. The van der Waals surface area contributed by atoms with Crippen LogP contribution < -0.4 is 11.1 Å². The van der Waals surface area contributed by atoms with E-state index in [1.807, 2.05) is 13.8 Å². The van der Waals surface area contributed by atoms with Crippen LogP contribution in [0.2, 0.25) is 0 Å². The molecule has 0 aromatic carbocycles. The van der Waals surface area contributed by atoms with Crippen LogP contribution >= 0.6 is 0 Å². The molecule has 2 aliphatic rings. The molecular formula is C19H36N2O6. The van der Waals surface area contributed by atoms with E-state index in [0.717, 1.165) is 12.8 Å². The summed E-state index contributed by atoms with van der Waals surface area (Å²) < 4.78 is 5.94. The summed E-state index contributed by atoms with van der Waals surface area (Å²) in [6.45, 7) is 7.04. The SMILES string of the molecule is C[C@@H]([C@H](C)O)[C@H](N)C(=O)O.C[C@H]1[C@H](C)O[C@H](C2CCCCC2)N[C@@H]1C(=O)O. The van der Waals surface area contributed by atoms with Crippen LogP contribution in [0.1, 0.15) is 59.8 Å². The molecule has 0 aromatic rings. The van der Waals surface area contributed by atoms with Crippen LogP contribution in [0.3, 0.4) is 0 Å². The van der Waals surface area contributed by atoms with E-state index in [0.29, 0.717) is 5.92 Å². The van der Waals surface area contributed by atoms with Crippen LogP contribution in [0, 0.1) is 17.8 Å². The van der Waals surface area contributed by atoms with Crippen LogP contribution in [-0.2, 0) is 14.3 Å². The summed E-state index contributed by atoms with van der Waals surface area (Å²) in [6.07, 6.45) is 5.38. The van der Waals surface area contributed by atoms with Crippen LogP contribution in [0.4, 0.5) is 0 Å². The van der Waals surface area contributed by atoms with E-state index >= 15 is 0 Å². The number of aliphatic hydroxyl groups excluding tert-OH is 1. The van der Waals surface area contributed by atoms with Gasteiger partial charge in [-0.15, -0.1) is 0 Å². The molecule has 0 amide bonds. The first-order valence-electron chi connectivity index (χ1n) is 9.87. The largest absolute Gasteiger partial charge is 0.480 e. The predicted molar refractivity (Wildman–Crippen MR) is 101 cm³/mol. The van der Waals surface area contributed by atoms with Crippen LogP contribution in [0.15, 0.2) is 0 Å². The standard InChI is InChI=1S/C13H23NO3.C6H13NO3/c1-8-9(2)17-12(14-11(8)13(15)16)10-6-4-3-5-7-10;1-3(4(2)8)5(7)6(9)10/h8-12,14H,3-7H2,1-2H3,(H,15,16);3-5,8H,7H2,1-2H3,(H,9,10)/t8-,9-,11-,12+;3-,4-,5-/m00/s1. The van der Waals surface area contributed by atoms with Gasteiger partial charge in [0.1, 0.15) is 18.3 Å². The van der Waals surface area contributed by atoms with E-state index < -0.39 is 36.0 Å². The number of hydrogen-bond acceptors (Lipinski definition) is 6. The minimum atomic E-state index is -1.08. The van der Waals surface area contributed by atoms with Crippen LogP contribution in [0.25, 0.3) is 0 Å². The van der Waals surface area contributed by atoms with E-state index in [4.69, 9.17) is 20.7 Å². The van der Waals surface area contributed by atoms with Crippen molar-refractivity contribution in [2.45, 2.75) is 90.3 Å². The van der Waals surface area contributed by atoms with Gasteiger partial charge in [0.15, 0.2) is 0 Å². The summed E-state index contributed by atoms with van der Waals surface area (Å²) in [5, 5.41) is 29.7. The van der Waals surface area contributed by atoms with Crippen LogP contribution in [0.5, 0.6) is 0 Å². The molecule has 27 heavy (non-hydrogen) atoms. The Hall–Kier alpha value is -1.22. The third kappa shape index (κ3) is 7.03. The normalized spacial score (nSPS) is 32.5. The Morgan fingerprint density at radius 3 is 2.07 bits per heavy atom. The van der Waals surface area contributed by atoms with Gasteiger partial charge < -0.3 is 25.8 Å². The first-order chi connectivity index (χ1) is 12.6. The van der Waals surface area contributed by atoms with E-state index in [9.17, 15) is 14.7 Å². The third-order valence-electron chi connectivity index (χ3n) is 5.93. The first-order valence-corrected chi connectivity index (χ1v) is 9.87. The summed E-state index contributed by atoms with van der Waals surface area (Å²) in [5.74, 6) is -1.73. The quantitative estimate of drug-likeness (QED) is 0.476. The maximum absolute atomic E-state index is 11.2. The summed E-state index contributed by atoms with van der Waals surface area (Å²) in [4.78, 5) is 21.4. The lowest BCUT2D eigenvalue weighted by atomic mass is 9.85. The highest BCUT2D eigenvalue weighted by Gasteiger charge is 2.40. The number of carboxylic acids is 2. The van der Waals surface area contributed by atoms with Gasteiger partial charge in [0, 0.05) is 11.8 Å². The van der Waals surface area contributed by atoms with Gasteiger partial charge in [0.25, 0.3) is 0 Å². The highest BCUT2D eigenvalue weighted by molar-refractivity contribution is 5.74. The highest BCUT2D eigenvalue weighted by atomic mass is 16.5. The molecule has 1 aliphatic heterocycles. The van der Waals surface area contributed by atoms with Crippen molar-refractivity contribution in [2.75, 3.05) is 0 Å². The average molecular weight is 389 g/mol. The Morgan fingerprint density at radius 2 is 1.67 bits per heavy atom. The average Bonchev–Trinajstić information content (AvgIpc) is 2.63. The Morgan fingerprint density at radius 1 is 1.11 bits per heavy atom. The van der Waals surface area contributed by atoms with Crippen molar-refractivity contribution >= 4 is 11.9 Å². The molecule has 1 saturated carbocycles. The van der Waals surface area contributed by atoms with Gasteiger partial charge in [0.05, 0.1) is 12.2 Å². The van der Waals surface area contributed by atoms with Gasteiger partial charge in [-0.25, -0.2) is 0 Å². The topological polar surface area (TPSA) is 142 Å². The lowest BCUT2D eigenvalue weighted by Crippen LogP contribution is -2.59. The van der Waals surface area contributed by atoms with Crippen molar-refractivity contribution < 1.29 is 29.6 Å². The summed E-state index contributed by atoms with van der Waals surface area (Å²) >= 11 is 0. The molecule has 6 N–H and O–H groups in total. The molecular weight excluding hydrogens is 352 g/mol. The molecule has 8 heteroatoms. The minimum Gasteiger partial charge on any atom is -0.480 e. The van der Waals surface area contributed by atoms with Gasteiger partial charge >= 0.3 is 11.9 Å². The van der Waals surface area contributed by atoms with Gasteiger partial charge in [-0.2, -0.15) is 0 Å². The fraction of sp³-hybridized carbons (Fsp3) is 0.895. The van der Waals surface area contributed by atoms with Gasteiger partial charge in [-0.05, 0) is 32.6 Å². The zero-order valence-electron chi connectivity index (χ0n) is 16.8. The van der Waals surface area contributed by atoms with E-state index in [1.165, 1.54) is 26.2 Å². The zero-order valence-corrected chi connectivity index (χ0v) is 16.8. The van der Waals surface area contributed by atoms with Gasteiger partial charge in [-0.3, -0.25) is 14.9 Å². The smallest absolute Gasteiger partial charge is 0.321 e. The molecule has 0 radical (unpaired) electrons. The molecule has 0 bridgehead atoms. The summed E-state index contributed by atoms with van der Waals surface area (Å²) in [7, 11) is 0. The third-order valence-corrected chi connectivity index (χ3v) is 5.93. The summed E-state index contributed by atoms with van der Waals surface area (Å²) in [6, 6.07) is -1.44. The number of nitrogens with one attached hydrogen (secondary N) is 1. The van der Waals surface area contributed by atoms with E-state index in [1.54, 1.807) is 6.92 Å². The Kier molecular flexibility index (Phi) is 9.66. The molecule has 2 fully saturated rings. The molecule has 8 nitrogen and oxygen atoms in total. The molecule has 1 aliphatic carbocycles. The highest BCUT2D eigenvalue weighted by Crippen LogP contribution is 2.31. The summed E-state index contributed by atoms with van der Waals surface area (Å²) in [5.41, 5.74) is 5.20. The van der Waals surface area contributed by atoms with Crippen molar-refractivity contribution in [3.05, 3.63) is 0 Å². The number of aliphatic hydroxyl groups is 1. The molecule has 0 spiro atoms. The molecule has 158 valence electrons. The Balaban J connectivity index is 0.000000314. The van der Waals surface area contributed by atoms with Crippen molar-refractivity contribution in [2.24, 2.45) is 23.5 Å². The van der Waals surface area contributed by atoms with Gasteiger partial charge in [0.2, 0.25) is 0 Å². The number of ether oxygens (including phenoxy) is 1. The molecule has 1 saturated heterocycles. The molecule has 0 aromatic heterocycles. The number of hydrogen-bond donors (Lipinski definition) is 5. The molecule has 0 unspecified atom stereocenters. The number of aliphatic carboxylic acids is 2. The second-order valence-corrected chi connectivity index (χ2v) is 7.97. The van der Waals surface area contributed by atoms with Crippen molar-refractivity contribution in [1.82, 2.24) is 5.32 Å². The first kappa shape index (κ1) is 23.8. The number of rotatable bonds is 5. The number of nitrogens with two attached hydrogens (primary N) is 1. The second kappa shape index (κ2) is 10.9. The van der Waals surface area contributed by atoms with Crippen LogP contribution in [-0.4, -0.2) is 57.8 Å². The Bertz CT molecular complexity index is 481. The zero-order chi connectivity index (χ0) is 20.7. The van der Waals surface area contributed by atoms with Crippen molar-refractivity contribution in [3.8, 4) is 0 Å². The van der Waals surface area contributed by atoms with E-state index in [2.05, 4.69) is 5.32 Å². The van der Waals surface area contributed by atoms with Crippen molar-refractivity contribution in [1.29, 1.82) is 0 Å². The maximum atomic E-state index is 11.2. The van der Waals surface area contributed by atoms with Crippen molar-refractivity contribution in [3.63, 3.8) is 0 Å². The monoisotopic (exact) mass is 388 g/mol. The van der Waals surface area contributed by atoms with E-state index in [-0.39, 0.29) is 18.2 Å². The molecule has 7 atom stereocenters. The molecule has 1 heterocycles. The number of carboxylic acid groups (broad SMARTS) is 2. The molecule has 2 rings (SSSR count). The fourth-order valence-corrected chi connectivity index (χ4v) is 3.50. The lowest BCUT2D eigenvalue weighted by Gasteiger charge is -2.42. The Labute approximate surface area is 161 Å².